The minimum absolute atomic E-state index is 0.0381. The number of rotatable bonds is 4. The van der Waals surface area contributed by atoms with Crippen LogP contribution >= 0.6 is 0 Å². The number of aromatic nitrogens is 4. The van der Waals surface area contributed by atoms with Crippen molar-refractivity contribution in [3.8, 4) is 11.4 Å². The number of imidazole rings is 1. The number of anilines is 1. The summed E-state index contributed by atoms with van der Waals surface area (Å²) in [5.41, 5.74) is 9.88. The van der Waals surface area contributed by atoms with Crippen LogP contribution in [-0.2, 0) is 9.53 Å². The van der Waals surface area contributed by atoms with Crippen LogP contribution in [0.15, 0.2) is 42.7 Å². The molecule has 4 heterocycles. The second kappa shape index (κ2) is 7.46. The van der Waals surface area contributed by atoms with Crippen molar-refractivity contribution in [3.05, 3.63) is 48.5 Å². The Morgan fingerprint density at radius 3 is 2.87 bits per heavy atom. The van der Waals surface area contributed by atoms with Gasteiger partial charge in [-0.05, 0) is 25.0 Å². The number of ether oxygens (including phenoxy) is 1. The topological polar surface area (TPSA) is 102 Å². The third-order valence-electron chi connectivity index (χ3n) is 5.88. The highest BCUT2D eigenvalue weighted by Crippen LogP contribution is 2.35. The van der Waals surface area contributed by atoms with Gasteiger partial charge < -0.3 is 20.4 Å². The van der Waals surface area contributed by atoms with Gasteiger partial charge in [0, 0.05) is 49.4 Å². The summed E-state index contributed by atoms with van der Waals surface area (Å²) < 4.78 is 7.04. The Bertz CT molecular complexity index is 1190. The molecular weight excluding hydrogens is 380 g/mol. The maximum atomic E-state index is 12.1. The second-order valence-corrected chi connectivity index (χ2v) is 7.71. The van der Waals surface area contributed by atoms with Gasteiger partial charge in [-0.1, -0.05) is 18.2 Å². The predicted molar refractivity (Wildman–Crippen MR) is 115 cm³/mol. The molecule has 154 valence electrons. The summed E-state index contributed by atoms with van der Waals surface area (Å²) in [6.45, 7) is 1.53. The quantitative estimate of drug-likeness (QED) is 0.545. The van der Waals surface area contributed by atoms with Crippen molar-refractivity contribution in [1.82, 2.24) is 24.3 Å². The van der Waals surface area contributed by atoms with Crippen molar-refractivity contribution < 1.29 is 9.53 Å². The number of hydrogen-bond donors (Lipinski definition) is 2. The van der Waals surface area contributed by atoms with E-state index < -0.39 is 0 Å². The largest absolute Gasteiger partial charge is 0.382 e. The van der Waals surface area contributed by atoms with Crippen LogP contribution in [0.2, 0.25) is 0 Å². The first-order valence-corrected chi connectivity index (χ1v) is 10.1. The normalized spacial score (nSPS) is 15.3. The van der Waals surface area contributed by atoms with Crippen LogP contribution in [0.1, 0.15) is 24.6 Å². The van der Waals surface area contributed by atoms with Crippen molar-refractivity contribution in [2.45, 2.75) is 18.8 Å². The first kappa shape index (κ1) is 18.6. The van der Waals surface area contributed by atoms with E-state index in [-0.39, 0.29) is 18.4 Å². The average Bonchev–Trinajstić information content (AvgIpc) is 3.36. The molecule has 8 heteroatoms. The van der Waals surface area contributed by atoms with Crippen LogP contribution in [0.25, 0.3) is 27.8 Å². The van der Waals surface area contributed by atoms with Gasteiger partial charge in [0.25, 0.3) is 0 Å². The van der Waals surface area contributed by atoms with E-state index >= 15 is 0 Å². The molecule has 0 saturated carbocycles. The second-order valence-electron chi connectivity index (χ2n) is 7.71. The maximum Gasteiger partial charge on any atom is 0.248 e. The highest BCUT2D eigenvalue weighted by Gasteiger charge is 2.28. The Kier molecular flexibility index (Phi) is 4.63. The summed E-state index contributed by atoms with van der Waals surface area (Å²) in [6.07, 6.45) is 5.33. The van der Waals surface area contributed by atoms with Gasteiger partial charge in [-0.3, -0.25) is 9.20 Å². The fourth-order valence-electron chi connectivity index (χ4n) is 4.37. The number of fused-ring (bicyclic) bond motifs is 2. The van der Waals surface area contributed by atoms with Gasteiger partial charge in [0.05, 0.1) is 5.69 Å². The number of likely N-dealkylation sites (tertiary alicyclic amines) is 1. The molecule has 1 fully saturated rings. The number of nitrogens with two attached hydrogens (primary N) is 1. The number of aromatic amines is 1. The van der Waals surface area contributed by atoms with Gasteiger partial charge in [0.15, 0.2) is 0 Å². The lowest BCUT2D eigenvalue weighted by molar-refractivity contribution is -0.136. The Morgan fingerprint density at radius 2 is 2.10 bits per heavy atom. The number of carbonyl (C=O) groups excluding carboxylic acids is 1. The number of benzene rings is 1. The highest BCUT2D eigenvalue weighted by molar-refractivity contribution is 5.91. The monoisotopic (exact) mass is 404 g/mol. The fourth-order valence-corrected chi connectivity index (χ4v) is 4.37. The molecule has 1 aliphatic heterocycles. The van der Waals surface area contributed by atoms with Crippen molar-refractivity contribution in [1.29, 1.82) is 0 Å². The lowest BCUT2D eigenvalue weighted by Crippen LogP contribution is -2.40. The number of H-pyrrole nitrogens is 1. The highest BCUT2D eigenvalue weighted by atomic mass is 16.5. The minimum Gasteiger partial charge on any atom is -0.382 e. The zero-order chi connectivity index (χ0) is 20.7. The van der Waals surface area contributed by atoms with Crippen molar-refractivity contribution in [3.63, 3.8) is 0 Å². The van der Waals surface area contributed by atoms with Gasteiger partial charge in [-0.2, -0.15) is 0 Å². The zero-order valence-electron chi connectivity index (χ0n) is 16.8. The number of carbonyl (C=O) groups is 1. The molecule has 1 amide bonds. The maximum absolute atomic E-state index is 12.1. The lowest BCUT2D eigenvalue weighted by atomic mass is 9.96. The number of hydrogen-bond acceptors (Lipinski definition) is 5. The number of amides is 1. The standard InChI is InChI=1S/C22H24N6O2/c1-30-13-18(29)27-9-6-14(7-10-27)22-26-19(20-21(23)24-8-11-28(20)22)17-12-15-4-2-3-5-16(15)25-17/h2-5,8,11-12,14,25H,6-7,9-10,13H2,1H3,(H2,23,24). The van der Waals surface area contributed by atoms with Gasteiger partial charge in [-0.25, -0.2) is 9.97 Å². The summed E-state index contributed by atoms with van der Waals surface area (Å²) in [6, 6.07) is 10.2. The average molecular weight is 404 g/mol. The van der Waals surface area contributed by atoms with Crippen LogP contribution in [0.5, 0.6) is 0 Å². The molecule has 1 aromatic carbocycles. The van der Waals surface area contributed by atoms with E-state index in [1.165, 1.54) is 0 Å². The fraction of sp³-hybridized carbons (Fsp3) is 0.318. The molecule has 3 N–H and O–H groups in total. The van der Waals surface area contributed by atoms with Crippen molar-refractivity contribution >= 4 is 28.1 Å². The van der Waals surface area contributed by atoms with Gasteiger partial charge >= 0.3 is 0 Å². The Labute approximate surface area is 173 Å². The molecule has 0 atom stereocenters. The van der Waals surface area contributed by atoms with E-state index in [1.807, 2.05) is 29.3 Å². The molecule has 0 unspecified atom stereocenters. The third-order valence-corrected chi connectivity index (χ3v) is 5.88. The third kappa shape index (κ3) is 3.09. The molecule has 0 spiro atoms. The molecule has 30 heavy (non-hydrogen) atoms. The first-order valence-electron chi connectivity index (χ1n) is 10.1. The van der Waals surface area contributed by atoms with E-state index in [1.54, 1.807) is 13.3 Å². The summed E-state index contributed by atoms with van der Waals surface area (Å²) in [5, 5.41) is 1.13. The number of nitrogens with one attached hydrogen (secondary N) is 1. The Morgan fingerprint density at radius 1 is 1.30 bits per heavy atom. The molecule has 1 aliphatic rings. The SMILES string of the molecule is COCC(=O)N1CCC(c2nc(-c3cc4ccccc4[nH]3)c3c(N)nccn23)CC1. The van der Waals surface area contributed by atoms with Gasteiger partial charge in [-0.15, -0.1) is 0 Å². The molecule has 1 saturated heterocycles. The van der Waals surface area contributed by atoms with E-state index in [4.69, 9.17) is 15.5 Å². The zero-order valence-corrected chi connectivity index (χ0v) is 16.8. The number of para-hydroxylation sites is 1. The molecular formula is C22H24N6O2. The number of methoxy groups -OCH3 is 1. The number of piperidine rings is 1. The van der Waals surface area contributed by atoms with E-state index in [2.05, 4.69) is 26.5 Å². The molecule has 0 bridgehead atoms. The van der Waals surface area contributed by atoms with Crippen molar-refractivity contribution in [2.24, 2.45) is 0 Å². The molecule has 4 aromatic rings. The molecule has 5 rings (SSSR count). The summed E-state index contributed by atoms with van der Waals surface area (Å²) in [4.78, 5) is 26.8. The van der Waals surface area contributed by atoms with E-state index in [0.717, 1.165) is 46.5 Å². The summed E-state index contributed by atoms with van der Waals surface area (Å²) in [7, 11) is 1.55. The molecule has 8 nitrogen and oxygen atoms in total. The Hall–Kier alpha value is -3.39. The predicted octanol–water partition coefficient (Wildman–Crippen LogP) is 2.81. The summed E-state index contributed by atoms with van der Waals surface area (Å²) in [5.74, 6) is 1.70. The van der Waals surface area contributed by atoms with E-state index in [9.17, 15) is 4.79 Å². The molecule has 3 aromatic heterocycles. The van der Waals surface area contributed by atoms with Crippen LogP contribution in [0.3, 0.4) is 0 Å². The minimum atomic E-state index is 0.0381. The van der Waals surface area contributed by atoms with Gasteiger partial charge in [0.1, 0.15) is 29.5 Å². The molecule has 0 aliphatic carbocycles. The van der Waals surface area contributed by atoms with E-state index in [0.29, 0.717) is 18.9 Å². The number of nitrogens with zero attached hydrogens (tertiary/aromatic N) is 4. The smallest absolute Gasteiger partial charge is 0.248 e. The van der Waals surface area contributed by atoms with Crippen LogP contribution in [-0.4, -0.2) is 57.0 Å². The first-order chi connectivity index (χ1) is 14.7. The van der Waals surface area contributed by atoms with Crippen LogP contribution in [0, 0.1) is 0 Å². The lowest BCUT2D eigenvalue weighted by Gasteiger charge is -2.31. The summed E-state index contributed by atoms with van der Waals surface area (Å²) >= 11 is 0. The van der Waals surface area contributed by atoms with Crippen LogP contribution < -0.4 is 5.73 Å². The molecule has 0 radical (unpaired) electrons. The number of nitrogen functional groups attached to an aromatic ring is 1. The van der Waals surface area contributed by atoms with Crippen molar-refractivity contribution in [2.75, 3.05) is 32.5 Å². The Balaban J connectivity index is 1.53. The van der Waals surface area contributed by atoms with Gasteiger partial charge in [0.2, 0.25) is 5.91 Å². The van der Waals surface area contributed by atoms with Crippen LogP contribution in [0.4, 0.5) is 5.82 Å².